The van der Waals surface area contributed by atoms with Crippen molar-refractivity contribution in [1.82, 2.24) is 14.9 Å². The third-order valence-electron chi connectivity index (χ3n) is 5.10. The number of benzene rings is 2. The number of fused-ring (bicyclic) bond motifs is 2. The van der Waals surface area contributed by atoms with Gasteiger partial charge in [0, 0.05) is 54.1 Å². The first-order valence-corrected chi connectivity index (χ1v) is 9.73. The van der Waals surface area contributed by atoms with Crippen molar-refractivity contribution in [3.05, 3.63) is 81.7 Å². The molecule has 0 amide bonds. The molecular formula is C22H18ClN3O3. The maximum atomic E-state index is 11.2. The van der Waals surface area contributed by atoms with Crippen LogP contribution < -0.4 is 10.4 Å². The number of aromatic nitrogens is 2. The van der Waals surface area contributed by atoms with Crippen molar-refractivity contribution in [3.8, 4) is 16.9 Å². The van der Waals surface area contributed by atoms with Crippen molar-refractivity contribution < 1.29 is 9.15 Å². The fraction of sp³-hybridized carbons (Fsp3) is 0.182. The van der Waals surface area contributed by atoms with Gasteiger partial charge < -0.3 is 14.1 Å². The van der Waals surface area contributed by atoms with Crippen LogP contribution in [0.1, 0.15) is 11.1 Å². The summed E-state index contributed by atoms with van der Waals surface area (Å²) >= 11 is 6.59. The van der Waals surface area contributed by atoms with E-state index in [9.17, 15) is 4.79 Å². The standard InChI is InChI=1S/C22H18ClN3O3/c23-19-8-15(18-13-29-20-4-2-1-3-17(18)20)7-16-12-26(5-6-28-21(16)19)11-14-9-24-22(27)25-10-14/h1-4,7-10,13H,5-6,11-12H2,(H,24,25,27). The molecule has 0 saturated carbocycles. The van der Waals surface area contributed by atoms with Gasteiger partial charge in [-0.1, -0.05) is 29.8 Å². The maximum Gasteiger partial charge on any atom is 0.344 e. The van der Waals surface area contributed by atoms with Gasteiger partial charge in [0.1, 0.15) is 17.9 Å². The number of furan rings is 1. The van der Waals surface area contributed by atoms with Gasteiger partial charge in [-0.3, -0.25) is 4.90 Å². The third-order valence-corrected chi connectivity index (χ3v) is 5.38. The van der Waals surface area contributed by atoms with E-state index in [1.165, 1.54) is 0 Å². The predicted molar refractivity (Wildman–Crippen MR) is 111 cm³/mol. The summed E-state index contributed by atoms with van der Waals surface area (Å²) in [6.45, 7) is 2.62. The molecule has 146 valence electrons. The summed E-state index contributed by atoms with van der Waals surface area (Å²) in [6, 6.07) is 12.0. The monoisotopic (exact) mass is 407 g/mol. The van der Waals surface area contributed by atoms with Crippen LogP contribution >= 0.6 is 11.6 Å². The lowest BCUT2D eigenvalue weighted by Gasteiger charge is -2.19. The molecule has 1 aliphatic heterocycles. The number of ether oxygens (including phenoxy) is 1. The number of para-hydroxylation sites is 1. The summed E-state index contributed by atoms with van der Waals surface area (Å²) in [4.78, 5) is 19.9. The molecule has 0 atom stereocenters. The minimum atomic E-state index is -0.345. The lowest BCUT2D eigenvalue weighted by atomic mass is 10.0. The van der Waals surface area contributed by atoms with Crippen molar-refractivity contribution in [2.24, 2.45) is 0 Å². The van der Waals surface area contributed by atoms with E-state index >= 15 is 0 Å². The molecule has 0 spiro atoms. The number of aromatic amines is 1. The Labute approximate surface area is 171 Å². The minimum absolute atomic E-state index is 0.345. The van der Waals surface area contributed by atoms with Gasteiger partial charge in [0.2, 0.25) is 0 Å². The molecule has 0 aliphatic carbocycles. The largest absolute Gasteiger partial charge is 0.490 e. The molecule has 1 N–H and O–H groups in total. The van der Waals surface area contributed by atoms with Crippen LogP contribution in [-0.4, -0.2) is 28.0 Å². The lowest BCUT2D eigenvalue weighted by Crippen LogP contribution is -2.26. The number of H-pyrrole nitrogens is 1. The van der Waals surface area contributed by atoms with Crippen molar-refractivity contribution in [1.29, 1.82) is 0 Å². The first-order valence-electron chi connectivity index (χ1n) is 9.35. The zero-order valence-electron chi connectivity index (χ0n) is 15.5. The molecule has 2 aromatic carbocycles. The highest BCUT2D eigenvalue weighted by atomic mass is 35.5. The molecule has 6 nitrogen and oxygen atoms in total. The van der Waals surface area contributed by atoms with Crippen LogP contribution in [0.3, 0.4) is 0 Å². The molecule has 29 heavy (non-hydrogen) atoms. The van der Waals surface area contributed by atoms with Gasteiger partial charge in [-0.2, -0.15) is 0 Å². The molecule has 0 saturated heterocycles. The van der Waals surface area contributed by atoms with E-state index in [0.29, 0.717) is 24.7 Å². The molecule has 0 fully saturated rings. The van der Waals surface area contributed by atoms with Crippen molar-refractivity contribution >= 4 is 22.6 Å². The molecule has 1 aliphatic rings. The van der Waals surface area contributed by atoms with Crippen LogP contribution in [0.15, 0.2) is 64.3 Å². The number of nitrogens with zero attached hydrogens (tertiary/aromatic N) is 2. The summed E-state index contributed by atoms with van der Waals surface area (Å²) in [7, 11) is 0. The Balaban J connectivity index is 1.50. The summed E-state index contributed by atoms with van der Waals surface area (Å²) in [6.07, 6.45) is 5.07. The molecular weight excluding hydrogens is 390 g/mol. The van der Waals surface area contributed by atoms with E-state index in [1.807, 2.05) is 30.3 Å². The van der Waals surface area contributed by atoms with Crippen LogP contribution in [-0.2, 0) is 13.1 Å². The second-order valence-electron chi connectivity index (χ2n) is 7.08. The van der Waals surface area contributed by atoms with Crippen molar-refractivity contribution in [3.63, 3.8) is 0 Å². The van der Waals surface area contributed by atoms with E-state index < -0.39 is 0 Å². The summed E-state index contributed by atoms with van der Waals surface area (Å²) in [5.74, 6) is 0.727. The highest BCUT2D eigenvalue weighted by Crippen LogP contribution is 2.39. The molecule has 3 heterocycles. The van der Waals surface area contributed by atoms with Crippen molar-refractivity contribution in [2.75, 3.05) is 13.2 Å². The van der Waals surface area contributed by atoms with Gasteiger partial charge in [-0.05, 0) is 23.8 Å². The van der Waals surface area contributed by atoms with Gasteiger partial charge in [-0.25, -0.2) is 9.78 Å². The zero-order chi connectivity index (χ0) is 19.8. The summed E-state index contributed by atoms with van der Waals surface area (Å²) < 4.78 is 11.7. The molecule has 0 unspecified atom stereocenters. The summed E-state index contributed by atoms with van der Waals surface area (Å²) in [5.41, 5.74) is 4.46. The fourth-order valence-electron chi connectivity index (χ4n) is 3.73. The first-order chi connectivity index (χ1) is 14.2. The Kier molecular flexibility index (Phi) is 4.58. The van der Waals surface area contributed by atoms with Crippen LogP contribution in [0.5, 0.6) is 5.75 Å². The maximum absolute atomic E-state index is 11.2. The topological polar surface area (TPSA) is 71.4 Å². The number of nitrogens with one attached hydrogen (secondary N) is 1. The Bertz CT molecular complexity index is 1230. The van der Waals surface area contributed by atoms with Gasteiger partial charge in [0.15, 0.2) is 0 Å². The number of halogens is 1. The fourth-order valence-corrected chi connectivity index (χ4v) is 4.03. The number of rotatable bonds is 3. The first kappa shape index (κ1) is 18.0. The number of hydrogen-bond acceptors (Lipinski definition) is 5. The Hall–Kier alpha value is -3.09. The van der Waals surface area contributed by atoms with Gasteiger partial charge in [0.25, 0.3) is 0 Å². The quantitative estimate of drug-likeness (QED) is 0.550. The third kappa shape index (κ3) is 3.52. The van der Waals surface area contributed by atoms with Crippen LogP contribution in [0.4, 0.5) is 0 Å². The van der Waals surface area contributed by atoms with E-state index in [0.717, 1.165) is 45.5 Å². The highest BCUT2D eigenvalue weighted by Gasteiger charge is 2.20. The normalized spacial score (nSPS) is 14.4. The van der Waals surface area contributed by atoms with Crippen molar-refractivity contribution in [2.45, 2.75) is 13.1 Å². The predicted octanol–water partition coefficient (Wildman–Crippen LogP) is 4.23. The smallest absolute Gasteiger partial charge is 0.344 e. The second kappa shape index (κ2) is 7.39. The number of hydrogen-bond donors (Lipinski definition) is 1. The Morgan fingerprint density at radius 3 is 3.00 bits per heavy atom. The van der Waals surface area contributed by atoms with E-state index in [-0.39, 0.29) is 5.69 Å². The molecule has 2 aromatic heterocycles. The minimum Gasteiger partial charge on any atom is -0.490 e. The second-order valence-corrected chi connectivity index (χ2v) is 7.49. The average Bonchev–Trinajstić information content (AvgIpc) is 3.04. The van der Waals surface area contributed by atoms with E-state index in [1.54, 1.807) is 18.7 Å². The van der Waals surface area contributed by atoms with Gasteiger partial charge in [0.05, 0.1) is 11.3 Å². The van der Waals surface area contributed by atoms with E-state index in [4.69, 9.17) is 20.8 Å². The zero-order valence-corrected chi connectivity index (χ0v) is 16.3. The summed E-state index contributed by atoms with van der Waals surface area (Å²) in [5, 5.41) is 1.64. The van der Waals surface area contributed by atoms with Gasteiger partial charge in [-0.15, -0.1) is 0 Å². The lowest BCUT2D eigenvalue weighted by molar-refractivity contribution is 0.219. The molecule has 4 aromatic rings. The molecule has 7 heteroatoms. The SMILES string of the molecule is O=c1ncc(CN2CCOc3c(Cl)cc(-c4coc5ccccc45)cc3C2)c[nH]1. The molecule has 0 radical (unpaired) electrons. The van der Waals surface area contributed by atoms with Gasteiger partial charge >= 0.3 is 5.69 Å². The van der Waals surface area contributed by atoms with Crippen LogP contribution in [0, 0.1) is 0 Å². The molecule has 5 rings (SSSR count). The van der Waals surface area contributed by atoms with Crippen LogP contribution in [0.25, 0.3) is 22.1 Å². The van der Waals surface area contributed by atoms with E-state index in [2.05, 4.69) is 20.9 Å². The molecule has 0 bridgehead atoms. The Morgan fingerprint density at radius 2 is 2.14 bits per heavy atom. The Morgan fingerprint density at radius 1 is 1.24 bits per heavy atom. The highest BCUT2D eigenvalue weighted by molar-refractivity contribution is 6.32. The van der Waals surface area contributed by atoms with Crippen LogP contribution in [0.2, 0.25) is 5.02 Å². The average molecular weight is 408 g/mol.